The van der Waals surface area contributed by atoms with Crippen LogP contribution in [0, 0.1) is 40.4 Å². The zero-order chi connectivity index (χ0) is 60.0. The van der Waals surface area contributed by atoms with Gasteiger partial charge in [-0.2, -0.15) is 0 Å². The van der Waals surface area contributed by atoms with Crippen LogP contribution in [-0.2, 0) is 45.9 Å². The lowest BCUT2D eigenvalue weighted by atomic mass is 9.47. The number of benzene rings is 2. The first kappa shape index (κ1) is 61.1. The Labute approximate surface area is 504 Å². The van der Waals surface area contributed by atoms with Crippen LogP contribution in [0.2, 0.25) is 0 Å². The molecule has 14 heteroatoms. The van der Waals surface area contributed by atoms with Crippen molar-refractivity contribution in [2.24, 2.45) is 40.4 Å². The molecule has 6 fully saturated rings. The second-order valence-electron chi connectivity index (χ2n) is 27.4. The van der Waals surface area contributed by atoms with Gasteiger partial charge < -0.3 is 39.0 Å². The first-order valence-electron chi connectivity index (χ1n) is 33.0. The third-order valence-corrected chi connectivity index (χ3v) is 22.6. The average Bonchev–Trinajstić information content (AvgIpc) is 1.79. The van der Waals surface area contributed by atoms with Crippen molar-refractivity contribution in [1.82, 2.24) is 24.3 Å². The van der Waals surface area contributed by atoms with E-state index < -0.39 is 11.6 Å². The topological polar surface area (TPSA) is 172 Å². The Hall–Kier alpha value is -5.54. The summed E-state index contributed by atoms with van der Waals surface area (Å²) in [7, 11) is 0. The lowest BCUT2D eigenvalue weighted by molar-refractivity contribution is -0.172. The molecule has 0 spiro atoms. The average molecular weight is 1160 g/mol. The van der Waals surface area contributed by atoms with Gasteiger partial charge in [0.2, 0.25) is 0 Å². The molecule has 5 aliphatic heterocycles. The molecule has 0 bridgehead atoms. The van der Waals surface area contributed by atoms with Crippen LogP contribution < -0.4 is 10.3 Å². The number of piperidine rings is 3. The summed E-state index contributed by atoms with van der Waals surface area (Å²) in [5, 5.41) is 22.1. The Kier molecular flexibility index (Phi) is 18.2. The highest BCUT2D eigenvalue weighted by Crippen LogP contribution is 2.66. The van der Waals surface area contributed by atoms with E-state index in [2.05, 4.69) is 62.6 Å². The van der Waals surface area contributed by atoms with E-state index >= 15 is 0 Å². The molecule has 458 valence electrons. The largest absolute Gasteiger partial charge is 0.458 e. The van der Waals surface area contributed by atoms with Crippen LogP contribution in [-0.4, -0.2) is 116 Å². The van der Waals surface area contributed by atoms with Gasteiger partial charge in [0, 0.05) is 59.6 Å². The Balaban J connectivity index is 0.000000150. The van der Waals surface area contributed by atoms with E-state index in [1.165, 1.54) is 82.9 Å². The number of aliphatic hydroxyl groups excluding tert-OH is 1. The van der Waals surface area contributed by atoms with Crippen molar-refractivity contribution < 1.29 is 38.9 Å². The van der Waals surface area contributed by atoms with Crippen molar-refractivity contribution >= 4 is 34.5 Å². The molecule has 2 aromatic heterocycles. The van der Waals surface area contributed by atoms with Crippen molar-refractivity contribution in [3.05, 3.63) is 104 Å². The van der Waals surface area contributed by atoms with Crippen LogP contribution in [0.5, 0.6) is 5.75 Å². The lowest BCUT2D eigenvalue weighted by Crippen LogP contribution is -2.50. The van der Waals surface area contributed by atoms with Crippen LogP contribution in [0.15, 0.2) is 65.0 Å². The minimum absolute atomic E-state index is 0.0951. The second-order valence-corrected chi connectivity index (χ2v) is 27.4. The molecule has 0 radical (unpaired) electrons. The number of hydrogen-bond donors (Lipinski definition) is 2. The number of aromatic nitrogens is 2. The van der Waals surface area contributed by atoms with Gasteiger partial charge in [-0.05, 0) is 206 Å². The number of aliphatic hydroxyl groups is 2. The Morgan fingerprint density at radius 1 is 0.812 bits per heavy atom. The summed E-state index contributed by atoms with van der Waals surface area (Å²) in [6, 6.07) is 15.9. The summed E-state index contributed by atoms with van der Waals surface area (Å²) >= 11 is 0. The normalized spacial score (nSPS) is 29.4. The maximum atomic E-state index is 13.6. The van der Waals surface area contributed by atoms with Gasteiger partial charge in [0.05, 0.1) is 35.1 Å². The van der Waals surface area contributed by atoms with Gasteiger partial charge in [0.25, 0.3) is 5.56 Å². The number of carbonyl (C=O) groups excluding carboxylic acids is 4. The quantitative estimate of drug-likeness (QED) is 0.0771. The van der Waals surface area contributed by atoms with Crippen LogP contribution in [0.25, 0.3) is 22.3 Å². The van der Waals surface area contributed by atoms with Gasteiger partial charge in [-0.15, -0.1) is 0 Å². The number of amides is 1. The number of pyridine rings is 2. The van der Waals surface area contributed by atoms with E-state index in [0.29, 0.717) is 77.5 Å². The number of likely N-dealkylation sites (tertiary alicyclic amines) is 3. The number of cyclic esters (lactones) is 1. The molecule has 7 heterocycles. The van der Waals surface area contributed by atoms with E-state index in [1.807, 2.05) is 36.1 Å². The third kappa shape index (κ3) is 11.8. The Morgan fingerprint density at radius 3 is 2.21 bits per heavy atom. The minimum Gasteiger partial charge on any atom is -0.458 e. The van der Waals surface area contributed by atoms with E-state index in [4.69, 9.17) is 14.5 Å². The summed E-state index contributed by atoms with van der Waals surface area (Å²) in [6.07, 6.45) is 22.7. The molecule has 1 unspecified atom stereocenters. The number of ether oxygens (including phenoxy) is 2. The molecule has 3 saturated heterocycles. The van der Waals surface area contributed by atoms with Crippen molar-refractivity contribution in [2.45, 2.75) is 201 Å². The first-order valence-corrected chi connectivity index (χ1v) is 33.0. The minimum atomic E-state index is -1.86. The maximum Gasteiger partial charge on any atom is 0.415 e. The van der Waals surface area contributed by atoms with Crippen molar-refractivity contribution in [3.8, 4) is 17.1 Å². The van der Waals surface area contributed by atoms with Gasteiger partial charge in [-0.1, -0.05) is 90.3 Å². The molecule has 3 saturated carbocycles. The Morgan fingerprint density at radius 2 is 1.53 bits per heavy atom. The summed E-state index contributed by atoms with van der Waals surface area (Å²) < 4.78 is 12.7. The summed E-state index contributed by atoms with van der Waals surface area (Å²) in [5.74, 6) is 3.13. The highest BCUT2D eigenvalue weighted by atomic mass is 16.6. The highest BCUT2D eigenvalue weighted by molar-refractivity contribution is 5.98. The highest BCUT2D eigenvalue weighted by Gasteiger charge is 2.59. The molecule has 4 aliphatic carbocycles. The van der Waals surface area contributed by atoms with E-state index in [9.17, 15) is 34.2 Å². The van der Waals surface area contributed by atoms with Crippen LogP contribution in [0.4, 0.5) is 4.79 Å². The molecular formula is C71H95N5O9. The van der Waals surface area contributed by atoms with Crippen LogP contribution in [0.3, 0.4) is 0 Å². The number of fused-ring (bicyclic) bond motifs is 10. The molecular weight excluding hydrogens is 1070 g/mol. The number of ketones is 2. The fourth-order valence-electron chi connectivity index (χ4n) is 17.6. The first-order chi connectivity index (χ1) is 40.9. The zero-order valence-electron chi connectivity index (χ0n) is 52.0. The summed E-state index contributed by atoms with van der Waals surface area (Å²) in [5.41, 5.74) is 6.65. The standard InChI is InChI=1S/C33H38N4O6.C21H32O2.C17H25NO/c1-3-22-23-16-21(43-32(40)36-14-10-20(11-15-36)35-12-6-5-7-13-35)8-9-27(23)34-29-24(22)18-37-28(29)17-26-25(30(37)38)19-42-31(39)33(26,41)4-2;1-13(22)17-6-7-18-16-5-4-14-12-15(23)8-10-20(14,2)19(16)9-11-21(17,18)3;1-3-15-7-9-16(10-8-15)17(19)14(2)13-18-11-5-4-6-12-18/h8-9,16-17,20,41H,3-7,10-15,18-19H2,1-2H3;4,15-19,23H,5-12H2,1-3H3;7-10,14H,3-6,11-13H2,1-2H3/t33-;15-,16-,17+,18-,19-,20-,21+;/m00./s1. The van der Waals surface area contributed by atoms with E-state index in [1.54, 1.807) is 29.2 Å². The third-order valence-electron chi connectivity index (χ3n) is 22.6. The number of allylic oxidation sites excluding steroid dienone is 1. The van der Waals surface area contributed by atoms with Gasteiger partial charge in [0.1, 0.15) is 18.1 Å². The number of Topliss-reactive ketones (excluding diaryl/α,β-unsaturated/α-hetero) is 2. The van der Waals surface area contributed by atoms with Crippen LogP contribution in [0.1, 0.15) is 196 Å². The number of rotatable bonds is 10. The summed E-state index contributed by atoms with van der Waals surface area (Å²) in [4.78, 5) is 75.5. The smallest absolute Gasteiger partial charge is 0.415 e. The summed E-state index contributed by atoms with van der Waals surface area (Å²) in [6.45, 7) is 21.8. The van der Waals surface area contributed by atoms with Gasteiger partial charge >= 0.3 is 12.1 Å². The molecule has 1 amide bonds. The molecule has 2 N–H and O–H groups in total. The fourth-order valence-corrected chi connectivity index (χ4v) is 17.6. The molecule has 13 rings (SSSR count). The second kappa shape index (κ2) is 25.3. The molecule has 2 aromatic carbocycles. The van der Waals surface area contributed by atoms with Crippen LogP contribution >= 0.6 is 0 Å². The van der Waals surface area contributed by atoms with E-state index in [0.717, 1.165) is 110 Å². The van der Waals surface area contributed by atoms with Gasteiger partial charge in [-0.3, -0.25) is 14.4 Å². The number of hydrogen-bond acceptors (Lipinski definition) is 12. The zero-order valence-corrected chi connectivity index (χ0v) is 52.0. The fraction of sp³-hybridized carbons (Fsp3) is 0.634. The monoisotopic (exact) mass is 1160 g/mol. The van der Waals surface area contributed by atoms with Crippen molar-refractivity contribution in [1.29, 1.82) is 0 Å². The van der Waals surface area contributed by atoms with Crippen molar-refractivity contribution in [2.75, 3.05) is 45.8 Å². The molecule has 14 nitrogen and oxygen atoms in total. The number of carbonyl (C=O) groups is 4. The molecule has 4 aromatic rings. The molecule has 9 aliphatic rings. The SMILES string of the molecule is CC(=O)[C@H]1CC[C@H]2[C@@H]3CC=C4C[C@@H](O)CC[C@]4(C)[C@H]3CC[C@]12C.CCc1c2c(nc3ccc(OC(=O)N4CCC(N5CCCCC5)CC4)cc13)-c1cc3c(c(=O)n1C2)COC(=O)[C@]3(O)CC.CCc1ccc(C(=O)C(C)CN2CCCCC2)cc1. The predicted octanol–water partition coefficient (Wildman–Crippen LogP) is 12.2. The van der Waals surface area contributed by atoms with Crippen molar-refractivity contribution in [3.63, 3.8) is 0 Å². The predicted molar refractivity (Wildman–Crippen MR) is 331 cm³/mol. The lowest BCUT2D eigenvalue weighted by Gasteiger charge is -2.57. The number of esters is 1. The van der Waals surface area contributed by atoms with E-state index in [-0.39, 0.29) is 47.9 Å². The Bertz CT molecular complexity index is 3240. The number of nitrogens with zero attached hydrogens (tertiary/aromatic N) is 5. The maximum absolute atomic E-state index is 13.6. The van der Waals surface area contributed by atoms with Gasteiger partial charge in [-0.25, -0.2) is 14.6 Å². The molecule has 85 heavy (non-hydrogen) atoms. The van der Waals surface area contributed by atoms with Gasteiger partial charge in [0.15, 0.2) is 11.4 Å². The molecule has 9 atom stereocenters. The number of aryl methyl sites for hydroxylation is 2.